The fourth-order valence-corrected chi connectivity index (χ4v) is 3.55. The van der Waals surface area contributed by atoms with Crippen molar-refractivity contribution in [3.8, 4) is 0 Å². The molecule has 21 heavy (non-hydrogen) atoms. The van der Waals surface area contributed by atoms with Crippen LogP contribution in [0.15, 0.2) is 23.4 Å². The van der Waals surface area contributed by atoms with Gasteiger partial charge in [0.1, 0.15) is 17.0 Å². The molecule has 0 fully saturated rings. The number of anilines is 1. The topological polar surface area (TPSA) is 114 Å². The summed E-state index contributed by atoms with van der Waals surface area (Å²) in [5.41, 5.74) is 7.65. The van der Waals surface area contributed by atoms with Crippen molar-refractivity contribution >= 4 is 15.7 Å². The number of aromatic nitrogens is 3. The first kappa shape index (κ1) is 15.5. The van der Waals surface area contributed by atoms with Crippen LogP contribution in [0.4, 0.5) is 5.69 Å². The van der Waals surface area contributed by atoms with Gasteiger partial charge in [0.15, 0.2) is 0 Å². The van der Waals surface area contributed by atoms with E-state index < -0.39 is 10.0 Å². The Morgan fingerprint density at radius 3 is 2.76 bits per heavy atom. The van der Waals surface area contributed by atoms with Gasteiger partial charge in [0.25, 0.3) is 0 Å². The Morgan fingerprint density at radius 1 is 1.33 bits per heavy atom. The van der Waals surface area contributed by atoms with Gasteiger partial charge in [0.2, 0.25) is 10.0 Å². The molecule has 0 radical (unpaired) electrons. The van der Waals surface area contributed by atoms with Gasteiger partial charge >= 0.3 is 0 Å². The molecule has 0 bridgehead atoms. The number of nitrogens with one attached hydrogen (secondary N) is 2. The van der Waals surface area contributed by atoms with Crippen LogP contribution in [0.5, 0.6) is 0 Å². The number of aromatic amines is 1. The van der Waals surface area contributed by atoms with E-state index in [1.807, 2.05) is 13.0 Å². The number of benzene rings is 1. The SMILES string of the molecule is Cc1ccc(N)c(S(=O)(=O)NCCCc2ncn[nH]2)c1C. The van der Waals surface area contributed by atoms with Gasteiger partial charge in [0, 0.05) is 13.0 Å². The molecule has 2 aromatic rings. The Balaban J connectivity index is 2.04. The fourth-order valence-electron chi connectivity index (χ4n) is 2.05. The normalized spacial score (nSPS) is 11.7. The molecule has 0 atom stereocenters. The quantitative estimate of drug-likeness (QED) is 0.542. The summed E-state index contributed by atoms with van der Waals surface area (Å²) in [4.78, 5) is 4.15. The maximum atomic E-state index is 12.4. The maximum absolute atomic E-state index is 12.4. The smallest absolute Gasteiger partial charge is 0.242 e. The van der Waals surface area contributed by atoms with Crippen molar-refractivity contribution in [2.24, 2.45) is 0 Å². The number of sulfonamides is 1. The molecular formula is C13H19N5O2S. The van der Waals surface area contributed by atoms with Gasteiger partial charge in [0.05, 0.1) is 5.69 Å². The minimum atomic E-state index is -3.61. The standard InChI is InChI=1S/C13H19N5O2S/c1-9-5-6-11(14)13(10(9)2)21(19,20)17-7-3-4-12-15-8-16-18-12/h5-6,8,17H,3-4,7,14H2,1-2H3,(H,15,16,18). The van der Waals surface area contributed by atoms with Gasteiger partial charge in [-0.05, 0) is 37.5 Å². The highest BCUT2D eigenvalue weighted by Crippen LogP contribution is 2.24. The molecule has 0 aliphatic carbocycles. The monoisotopic (exact) mass is 309 g/mol. The number of hydrogen-bond acceptors (Lipinski definition) is 5. The van der Waals surface area contributed by atoms with Crippen molar-refractivity contribution in [1.29, 1.82) is 0 Å². The molecule has 0 unspecified atom stereocenters. The van der Waals surface area contributed by atoms with Gasteiger partial charge in [-0.15, -0.1) is 0 Å². The number of H-pyrrole nitrogens is 1. The van der Waals surface area contributed by atoms with Crippen molar-refractivity contribution in [2.45, 2.75) is 31.6 Å². The van der Waals surface area contributed by atoms with Crippen molar-refractivity contribution in [1.82, 2.24) is 19.9 Å². The maximum Gasteiger partial charge on any atom is 0.242 e. The summed E-state index contributed by atoms with van der Waals surface area (Å²) < 4.78 is 27.3. The molecule has 0 aliphatic heterocycles. The summed E-state index contributed by atoms with van der Waals surface area (Å²) >= 11 is 0. The third-order valence-electron chi connectivity index (χ3n) is 3.32. The summed E-state index contributed by atoms with van der Waals surface area (Å²) in [5, 5.41) is 6.47. The highest BCUT2D eigenvalue weighted by molar-refractivity contribution is 7.89. The molecule has 0 saturated heterocycles. The lowest BCUT2D eigenvalue weighted by Gasteiger charge is -2.13. The van der Waals surface area contributed by atoms with E-state index in [0.29, 0.717) is 24.9 Å². The van der Waals surface area contributed by atoms with Gasteiger partial charge in [-0.3, -0.25) is 5.10 Å². The van der Waals surface area contributed by atoms with Gasteiger partial charge in [-0.2, -0.15) is 5.10 Å². The van der Waals surface area contributed by atoms with Crippen LogP contribution in [-0.2, 0) is 16.4 Å². The summed E-state index contributed by atoms with van der Waals surface area (Å²) in [6, 6.07) is 3.43. The zero-order valence-corrected chi connectivity index (χ0v) is 12.9. The third kappa shape index (κ3) is 3.59. The average molecular weight is 309 g/mol. The number of aryl methyl sites for hydroxylation is 2. The van der Waals surface area contributed by atoms with E-state index in [2.05, 4.69) is 19.9 Å². The lowest BCUT2D eigenvalue weighted by atomic mass is 10.1. The Hall–Kier alpha value is -1.93. The van der Waals surface area contributed by atoms with E-state index in [-0.39, 0.29) is 10.6 Å². The third-order valence-corrected chi connectivity index (χ3v) is 4.99. The molecule has 8 heteroatoms. The molecule has 7 nitrogen and oxygen atoms in total. The summed E-state index contributed by atoms with van der Waals surface area (Å²) in [5.74, 6) is 0.737. The van der Waals surface area contributed by atoms with Crippen LogP contribution in [-0.4, -0.2) is 30.1 Å². The van der Waals surface area contributed by atoms with Crippen molar-refractivity contribution in [2.75, 3.05) is 12.3 Å². The predicted molar refractivity (Wildman–Crippen MR) is 80.2 cm³/mol. The van der Waals surface area contributed by atoms with Crippen LogP contribution in [0, 0.1) is 13.8 Å². The van der Waals surface area contributed by atoms with Crippen molar-refractivity contribution in [3.63, 3.8) is 0 Å². The van der Waals surface area contributed by atoms with Gasteiger partial charge < -0.3 is 5.73 Å². The molecule has 0 amide bonds. The number of rotatable bonds is 6. The Kier molecular flexibility index (Phi) is 4.59. The highest BCUT2D eigenvalue weighted by atomic mass is 32.2. The number of hydrogen-bond donors (Lipinski definition) is 3. The Morgan fingerprint density at radius 2 is 2.10 bits per heavy atom. The van der Waals surface area contributed by atoms with E-state index in [1.165, 1.54) is 6.33 Å². The largest absolute Gasteiger partial charge is 0.398 e. The molecule has 114 valence electrons. The summed E-state index contributed by atoms with van der Waals surface area (Å²) in [7, 11) is -3.61. The molecule has 0 saturated carbocycles. The van der Waals surface area contributed by atoms with Gasteiger partial charge in [-0.25, -0.2) is 18.1 Å². The van der Waals surface area contributed by atoms with Crippen LogP contribution in [0.25, 0.3) is 0 Å². The first-order valence-corrected chi connectivity index (χ1v) is 8.09. The average Bonchev–Trinajstić information content (AvgIpc) is 2.92. The number of nitrogens with two attached hydrogens (primary N) is 1. The van der Waals surface area contributed by atoms with Crippen LogP contribution in [0.1, 0.15) is 23.4 Å². The minimum absolute atomic E-state index is 0.169. The van der Waals surface area contributed by atoms with E-state index >= 15 is 0 Å². The first-order valence-electron chi connectivity index (χ1n) is 6.61. The van der Waals surface area contributed by atoms with Gasteiger partial charge in [-0.1, -0.05) is 6.07 Å². The fraction of sp³-hybridized carbons (Fsp3) is 0.385. The zero-order valence-electron chi connectivity index (χ0n) is 12.0. The van der Waals surface area contributed by atoms with Crippen LogP contribution in [0.2, 0.25) is 0 Å². The number of nitrogens with zero attached hydrogens (tertiary/aromatic N) is 2. The molecule has 0 spiro atoms. The molecule has 1 aromatic carbocycles. The number of nitrogen functional groups attached to an aromatic ring is 1. The van der Waals surface area contributed by atoms with Crippen molar-refractivity contribution in [3.05, 3.63) is 35.4 Å². The second-order valence-corrected chi connectivity index (χ2v) is 6.56. The van der Waals surface area contributed by atoms with E-state index in [9.17, 15) is 8.42 Å². The van der Waals surface area contributed by atoms with E-state index in [4.69, 9.17) is 5.73 Å². The molecule has 1 aromatic heterocycles. The van der Waals surface area contributed by atoms with E-state index in [1.54, 1.807) is 13.0 Å². The minimum Gasteiger partial charge on any atom is -0.398 e. The molecule has 0 aliphatic rings. The second-order valence-electron chi connectivity index (χ2n) is 4.86. The lowest BCUT2D eigenvalue weighted by molar-refractivity contribution is 0.578. The summed E-state index contributed by atoms with van der Waals surface area (Å²) in [6.07, 6.45) is 2.68. The highest BCUT2D eigenvalue weighted by Gasteiger charge is 2.20. The first-order chi connectivity index (χ1) is 9.92. The Labute approximate surface area is 124 Å². The zero-order chi connectivity index (χ0) is 15.5. The van der Waals surface area contributed by atoms with E-state index in [0.717, 1.165) is 11.4 Å². The van der Waals surface area contributed by atoms with Crippen LogP contribution in [0.3, 0.4) is 0 Å². The Bertz CT molecular complexity index is 710. The molecule has 2 rings (SSSR count). The lowest BCUT2D eigenvalue weighted by Crippen LogP contribution is -2.27. The summed E-state index contributed by atoms with van der Waals surface area (Å²) in [6.45, 7) is 3.93. The van der Waals surface area contributed by atoms with Crippen molar-refractivity contribution < 1.29 is 8.42 Å². The molecular weight excluding hydrogens is 290 g/mol. The van der Waals surface area contributed by atoms with Crippen LogP contribution >= 0.6 is 0 Å². The molecule has 1 heterocycles. The molecule has 4 N–H and O–H groups in total. The predicted octanol–water partition coefficient (Wildman–Crippen LogP) is 0.915. The second kappa shape index (κ2) is 6.23. The van der Waals surface area contributed by atoms with Crippen LogP contribution < -0.4 is 10.5 Å².